The van der Waals surface area contributed by atoms with Crippen molar-refractivity contribution in [3.05, 3.63) is 23.8 Å². The lowest BCUT2D eigenvalue weighted by atomic mass is 9.86. The molecule has 1 amide bonds. The normalized spacial score (nSPS) is 20.6. The van der Waals surface area contributed by atoms with Gasteiger partial charge in [-0.1, -0.05) is 19.8 Å². The molecule has 126 valence electrons. The molecule has 1 aliphatic rings. The summed E-state index contributed by atoms with van der Waals surface area (Å²) < 4.78 is 9.92. The maximum absolute atomic E-state index is 11.9. The lowest BCUT2D eigenvalue weighted by molar-refractivity contribution is -0.125. The van der Waals surface area contributed by atoms with Gasteiger partial charge in [-0.25, -0.2) is 4.79 Å². The molecule has 1 fully saturated rings. The van der Waals surface area contributed by atoms with Crippen LogP contribution in [0.3, 0.4) is 0 Å². The summed E-state index contributed by atoms with van der Waals surface area (Å²) >= 11 is 0. The number of carbonyl (C=O) groups excluding carboxylic acids is 2. The van der Waals surface area contributed by atoms with E-state index in [9.17, 15) is 14.7 Å². The van der Waals surface area contributed by atoms with Crippen molar-refractivity contribution in [3.8, 4) is 11.5 Å². The molecule has 0 saturated heterocycles. The number of phenols is 1. The summed E-state index contributed by atoms with van der Waals surface area (Å²) in [4.78, 5) is 23.8. The van der Waals surface area contributed by atoms with E-state index in [2.05, 4.69) is 12.2 Å². The Balaban J connectivity index is 1.85. The van der Waals surface area contributed by atoms with Gasteiger partial charge in [-0.15, -0.1) is 0 Å². The van der Waals surface area contributed by atoms with E-state index in [1.54, 1.807) is 6.07 Å². The van der Waals surface area contributed by atoms with Crippen LogP contribution in [0.4, 0.5) is 0 Å². The Morgan fingerprint density at radius 1 is 1.30 bits per heavy atom. The summed E-state index contributed by atoms with van der Waals surface area (Å²) in [6.07, 6.45) is 4.36. The second-order valence-corrected chi connectivity index (χ2v) is 5.89. The highest BCUT2D eigenvalue weighted by atomic mass is 16.5. The van der Waals surface area contributed by atoms with Gasteiger partial charge in [0.1, 0.15) is 17.1 Å². The fourth-order valence-corrected chi connectivity index (χ4v) is 2.80. The van der Waals surface area contributed by atoms with Crippen LogP contribution < -0.4 is 10.1 Å². The van der Waals surface area contributed by atoms with Crippen LogP contribution in [-0.2, 0) is 9.53 Å². The van der Waals surface area contributed by atoms with Gasteiger partial charge < -0.3 is 19.9 Å². The summed E-state index contributed by atoms with van der Waals surface area (Å²) in [6.45, 7) is 1.76. The van der Waals surface area contributed by atoms with Crippen molar-refractivity contribution in [2.24, 2.45) is 5.92 Å². The Morgan fingerprint density at radius 3 is 2.70 bits per heavy atom. The zero-order valence-electron chi connectivity index (χ0n) is 13.5. The summed E-state index contributed by atoms with van der Waals surface area (Å²) in [5.41, 5.74) is 0.00429. The second-order valence-electron chi connectivity index (χ2n) is 5.89. The largest absolute Gasteiger partial charge is 0.507 e. The second kappa shape index (κ2) is 7.85. The molecule has 6 nitrogen and oxygen atoms in total. The van der Waals surface area contributed by atoms with Crippen LogP contribution >= 0.6 is 0 Å². The number of hydrogen-bond donors (Lipinski definition) is 2. The van der Waals surface area contributed by atoms with Crippen LogP contribution in [-0.4, -0.2) is 36.7 Å². The number of aromatic hydroxyl groups is 1. The Labute approximate surface area is 135 Å². The molecule has 1 aromatic rings. The van der Waals surface area contributed by atoms with Crippen molar-refractivity contribution >= 4 is 11.9 Å². The number of rotatable bonds is 5. The highest BCUT2D eigenvalue weighted by Gasteiger charge is 2.23. The lowest BCUT2D eigenvalue weighted by Gasteiger charge is -2.29. The van der Waals surface area contributed by atoms with Crippen molar-refractivity contribution in [1.29, 1.82) is 0 Å². The highest BCUT2D eigenvalue weighted by molar-refractivity contribution is 5.94. The summed E-state index contributed by atoms with van der Waals surface area (Å²) in [5.74, 6) is -0.421. The maximum Gasteiger partial charge on any atom is 0.342 e. The van der Waals surface area contributed by atoms with Crippen LogP contribution in [0.5, 0.6) is 11.5 Å². The molecule has 1 aliphatic carbocycles. The average Bonchev–Trinajstić information content (AvgIpc) is 2.54. The third-order valence-electron chi connectivity index (χ3n) is 4.22. The summed E-state index contributed by atoms with van der Waals surface area (Å²) in [7, 11) is 1.46. The molecule has 1 saturated carbocycles. The van der Waals surface area contributed by atoms with Crippen molar-refractivity contribution in [1.82, 2.24) is 5.32 Å². The van der Waals surface area contributed by atoms with Crippen LogP contribution in [0.25, 0.3) is 0 Å². The minimum absolute atomic E-state index is 0.00429. The molecule has 0 aromatic heterocycles. The molecule has 0 heterocycles. The molecular weight excluding hydrogens is 298 g/mol. The Hall–Kier alpha value is -2.24. The van der Waals surface area contributed by atoms with Crippen molar-refractivity contribution in [2.75, 3.05) is 13.7 Å². The number of benzene rings is 1. The van der Waals surface area contributed by atoms with Crippen LogP contribution in [0.2, 0.25) is 0 Å². The van der Waals surface area contributed by atoms with E-state index in [0.29, 0.717) is 11.7 Å². The van der Waals surface area contributed by atoms with Gasteiger partial charge in [-0.2, -0.15) is 0 Å². The van der Waals surface area contributed by atoms with E-state index in [4.69, 9.17) is 9.47 Å². The van der Waals surface area contributed by atoms with Gasteiger partial charge in [0.15, 0.2) is 6.61 Å². The third-order valence-corrected chi connectivity index (χ3v) is 4.22. The quantitative estimate of drug-likeness (QED) is 0.813. The molecule has 0 aliphatic heterocycles. The molecule has 0 radical (unpaired) electrons. The van der Waals surface area contributed by atoms with Crippen LogP contribution in [0.1, 0.15) is 43.0 Å². The Kier molecular flexibility index (Phi) is 5.84. The SMILES string of the molecule is COc1ccc(C(=O)OCC(=O)N[C@@H]2CCCC[C@@H]2C)c(O)c1. The number of nitrogens with one attached hydrogen (secondary N) is 1. The van der Waals surface area contributed by atoms with E-state index < -0.39 is 5.97 Å². The maximum atomic E-state index is 11.9. The van der Waals surface area contributed by atoms with Gasteiger partial charge in [0.05, 0.1) is 7.11 Å². The van der Waals surface area contributed by atoms with Gasteiger partial charge in [0.25, 0.3) is 5.91 Å². The van der Waals surface area contributed by atoms with Crippen molar-refractivity contribution in [2.45, 2.75) is 38.6 Å². The van der Waals surface area contributed by atoms with Gasteiger partial charge in [0, 0.05) is 12.1 Å². The molecular formula is C17H23NO5. The molecule has 6 heteroatoms. The molecule has 0 unspecified atom stereocenters. The number of methoxy groups -OCH3 is 1. The first-order valence-electron chi connectivity index (χ1n) is 7.84. The molecule has 2 N–H and O–H groups in total. The van der Waals surface area contributed by atoms with Gasteiger partial charge in [0.2, 0.25) is 0 Å². The first-order chi connectivity index (χ1) is 11.0. The van der Waals surface area contributed by atoms with E-state index >= 15 is 0 Å². The molecule has 0 bridgehead atoms. The van der Waals surface area contributed by atoms with E-state index in [-0.39, 0.29) is 29.9 Å². The smallest absolute Gasteiger partial charge is 0.342 e. The standard InChI is InChI=1S/C17H23NO5/c1-11-5-3-4-6-14(11)18-16(20)10-23-17(21)13-8-7-12(22-2)9-15(13)19/h7-9,11,14,19H,3-6,10H2,1-2H3,(H,18,20)/t11-,14+/m0/s1. The highest BCUT2D eigenvalue weighted by Crippen LogP contribution is 2.25. The predicted molar refractivity (Wildman–Crippen MR) is 84.5 cm³/mol. The first-order valence-corrected chi connectivity index (χ1v) is 7.84. The van der Waals surface area contributed by atoms with Gasteiger partial charge in [-0.05, 0) is 30.9 Å². The van der Waals surface area contributed by atoms with Crippen molar-refractivity contribution < 1.29 is 24.2 Å². The number of esters is 1. The monoisotopic (exact) mass is 321 g/mol. The number of amides is 1. The fraction of sp³-hybridized carbons (Fsp3) is 0.529. The Morgan fingerprint density at radius 2 is 2.04 bits per heavy atom. The van der Waals surface area contributed by atoms with Crippen LogP contribution in [0, 0.1) is 5.92 Å². The molecule has 1 aromatic carbocycles. The lowest BCUT2D eigenvalue weighted by Crippen LogP contribution is -2.42. The van der Waals surface area contributed by atoms with Crippen molar-refractivity contribution in [3.63, 3.8) is 0 Å². The molecule has 23 heavy (non-hydrogen) atoms. The predicted octanol–water partition coefficient (Wildman–Crippen LogP) is 2.25. The average molecular weight is 321 g/mol. The summed E-state index contributed by atoms with van der Waals surface area (Å²) in [6, 6.07) is 4.40. The van der Waals surface area contributed by atoms with E-state index in [1.807, 2.05) is 0 Å². The Bertz CT molecular complexity index is 572. The van der Waals surface area contributed by atoms with Gasteiger partial charge in [-0.3, -0.25) is 4.79 Å². The minimum atomic E-state index is -0.739. The molecule has 2 rings (SSSR count). The number of phenolic OH excluding ortho intramolecular Hbond substituents is 1. The summed E-state index contributed by atoms with van der Waals surface area (Å²) in [5, 5.41) is 12.7. The third kappa shape index (κ3) is 4.61. The fourth-order valence-electron chi connectivity index (χ4n) is 2.80. The molecule has 2 atom stereocenters. The topological polar surface area (TPSA) is 84.9 Å². The minimum Gasteiger partial charge on any atom is -0.507 e. The number of ether oxygens (including phenoxy) is 2. The zero-order valence-corrected chi connectivity index (χ0v) is 13.5. The van der Waals surface area contributed by atoms with Crippen LogP contribution in [0.15, 0.2) is 18.2 Å². The first kappa shape index (κ1) is 17.1. The van der Waals surface area contributed by atoms with Gasteiger partial charge >= 0.3 is 5.97 Å². The number of hydrogen-bond acceptors (Lipinski definition) is 5. The molecule has 0 spiro atoms. The zero-order chi connectivity index (χ0) is 16.8. The van der Waals surface area contributed by atoms with E-state index in [0.717, 1.165) is 19.3 Å². The number of carbonyl (C=O) groups is 2. The van der Waals surface area contributed by atoms with E-state index in [1.165, 1.54) is 25.7 Å².